The van der Waals surface area contributed by atoms with E-state index in [4.69, 9.17) is 14.6 Å². The molecule has 3 aromatic rings. The van der Waals surface area contributed by atoms with Crippen LogP contribution >= 0.6 is 11.3 Å². The number of aromatic nitrogens is 1. The van der Waals surface area contributed by atoms with Crippen molar-refractivity contribution in [2.75, 3.05) is 14.2 Å². The quantitative estimate of drug-likeness (QED) is 0.711. The summed E-state index contributed by atoms with van der Waals surface area (Å²) in [5.74, 6) is 0.308. The second kappa shape index (κ2) is 8.14. The Morgan fingerprint density at radius 3 is 2.57 bits per heavy atom. The van der Waals surface area contributed by atoms with Crippen molar-refractivity contribution in [1.29, 1.82) is 0 Å². The van der Waals surface area contributed by atoms with E-state index in [-0.39, 0.29) is 11.1 Å². The van der Waals surface area contributed by atoms with Gasteiger partial charge < -0.3 is 19.1 Å². The first kappa shape index (κ1) is 19.4. The fraction of sp³-hybridized carbons (Fsp3) is 0.143. The molecule has 28 heavy (non-hydrogen) atoms. The molecule has 3 rings (SSSR count). The van der Waals surface area contributed by atoms with Gasteiger partial charge >= 0.3 is 5.97 Å². The molecule has 1 aromatic heterocycles. The number of aromatic carboxylic acids is 1. The van der Waals surface area contributed by atoms with E-state index in [1.807, 2.05) is 0 Å². The van der Waals surface area contributed by atoms with E-state index in [0.29, 0.717) is 26.3 Å². The van der Waals surface area contributed by atoms with Crippen LogP contribution in [-0.4, -0.2) is 29.9 Å². The maximum absolute atomic E-state index is 12.7. The minimum Gasteiger partial charge on any atom is -0.497 e. The summed E-state index contributed by atoms with van der Waals surface area (Å²) in [6.07, 6.45) is 3.55. The maximum atomic E-state index is 12.7. The highest BCUT2D eigenvalue weighted by Gasteiger charge is 2.06. The van der Waals surface area contributed by atoms with Crippen LogP contribution in [0.2, 0.25) is 0 Å². The fourth-order valence-corrected chi connectivity index (χ4v) is 3.76. The molecule has 0 saturated heterocycles. The smallest absolute Gasteiger partial charge is 0.335 e. The van der Waals surface area contributed by atoms with Crippen molar-refractivity contribution in [3.63, 3.8) is 0 Å². The number of hydrogen-bond acceptors (Lipinski definition) is 5. The average Bonchev–Trinajstić information content (AvgIpc) is 2.96. The Morgan fingerprint density at radius 2 is 1.89 bits per heavy atom. The van der Waals surface area contributed by atoms with Crippen LogP contribution in [0.1, 0.15) is 21.5 Å². The van der Waals surface area contributed by atoms with Gasteiger partial charge in [-0.15, -0.1) is 11.3 Å². The maximum Gasteiger partial charge on any atom is 0.335 e. The second-order valence-electron chi connectivity index (χ2n) is 6.00. The van der Waals surface area contributed by atoms with Gasteiger partial charge in [-0.1, -0.05) is 12.1 Å². The van der Waals surface area contributed by atoms with Gasteiger partial charge in [-0.25, -0.2) is 4.79 Å². The molecule has 6 nitrogen and oxygen atoms in total. The number of hydrogen-bond donors (Lipinski definition) is 1. The van der Waals surface area contributed by atoms with E-state index in [9.17, 15) is 9.59 Å². The van der Waals surface area contributed by atoms with Crippen LogP contribution in [0, 0.1) is 0 Å². The highest BCUT2D eigenvalue weighted by atomic mass is 32.1. The summed E-state index contributed by atoms with van der Waals surface area (Å²) >= 11 is 1.32. The lowest BCUT2D eigenvalue weighted by Crippen LogP contribution is -2.28. The Hall–Kier alpha value is -3.32. The van der Waals surface area contributed by atoms with Crippen molar-refractivity contribution in [1.82, 2.24) is 4.57 Å². The van der Waals surface area contributed by atoms with Gasteiger partial charge in [0, 0.05) is 12.6 Å². The molecule has 0 bridgehead atoms. The van der Waals surface area contributed by atoms with Gasteiger partial charge in [0.1, 0.15) is 11.5 Å². The van der Waals surface area contributed by atoms with Gasteiger partial charge in [0.05, 0.1) is 29.0 Å². The molecular formula is C21H19NO5S. The number of nitrogens with zero attached hydrogens (tertiary/aromatic N) is 1. The molecule has 0 atom stereocenters. The van der Waals surface area contributed by atoms with Crippen LogP contribution in [0.5, 0.6) is 11.5 Å². The zero-order chi connectivity index (χ0) is 20.3. The van der Waals surface area contributed by atoms with Gasteiger partial charge in [-0.05, 0) is 48.0 Å². The molecule has 0 aliphatic carbocycles. The third kappa shape index (κ3) is 3.99. The molecule has 144 valence electrons. The summed E-state index contributed by atoms with van der Waals surface area (Å²) in [6, 6.07) is 11.9. The monoisotopic (exact) mass is 397 g/mol. The van der Waals surface area contributed by atoms with E-state index in [2.05, 4.69) is 0 Å². The topological polar surface area (TPSA) is 77.8 Å². The summed E-state index contributed by atoms with van der Waals surface area (Å²) in [7, 11) is 4.83. The molecule has 1 heterocycles. The molecule has 2 aromatic carbocycles. The normalized spacial score (nSPS) is 12.2. The Morgan fingerprint density at radius 1 is 1.11 bits per heavy atom. The van der Waals surface area contributed by atoms with Gasteiger partial charge in [0.15, 0.2) is 0 Å². The first-order chi connectivity index (χ1) is 13.4. The molecule has 0 amide bonds. The first-order valence-electron chi connectivity index (χ1n) is 8.37. The number of methoxy groups -OCH3 is 2. The minimum atomic E-state index is -0.991. The van der Waals surface area contributed by atoms with Crippen LogP contribution in [0.4, 0.5) is 0 Å². The molecule has 0 unspecified atom stereocenters. The largest absolute Gasteiger partial charge is 0.497 e. The first-order valence-corrected chi connectivity index (χ1v) is 9.19. The number of benzene rings is 2. The van der Waals surface area contributed by atoms with Crippen molar-refractivity contribution in [2.24, 2.45) is 7.05 Å². The Balaban J connectivity index is 2.15. The van der Waals surface area contributed by atoms with Gasteiger partial charge in [-0.2, -0.15) is 0 Å². The number of rotatable bonds is 5. The lowest BCUT2D eigenvalue weighted by atomic mass is 10.1. The molecule has 0 aliphatic rings. The summed E-state index contributed by atoms with van der Waals surface area (Å²) in [5, 5.41) is 9.14. The van der Waals surface area contributed by atoms with Crippen molar-refractivity contribution < 1.29 is 19.4 Å². The molecule has 0 aliphatic heterocycles. The molecule has 1 N–H and O–H groups in total. The van der Waals surface area contributed by atoms with Crippen molar-refractivity contribution in [3.05, 3.63) is 78.7 Å². The third-order valence-corrected chi connectivity index (χ3v) is 5.32. The molecule has 7 heteroatoms. The van der Waals surface area contributed by atoms with Crippen molar-refractivity contribution in [3.8, 4) is 11.5 Å². The van der Waals surface area contributed by atoms with E-state index in [1.54, 1.807) is 69.8 Å². The van der Waals surface area contributed by atoms with Gasteiger partial charge in [0.2, 0.25) is 0 Å². The summed E-state index contributed by atoms with van der Waals surface area (Å²) in [6.45, 7) is 0. The Labute approximate surface area is 165 Å². The van der Waals surface area contributed by atoms with E-state index < -0.39 is 5.97 Å². The van der Waals surface area contributed by atoms with Crippen LogP contribution in [-0.2, 0) is 7.05 Å². The average molecular weight is 397 g/mol. The summed E-state index contributed by atoms with van der Waals surface area (Å²) in [5.41, 5.74) is 1.50. The number of carbonyl (C=O) groups is 1. The minimum absolute atomic E-state index is 0.143. The highest BCUT2D eigenvalue weighted by molar-refractivity contribution is 7.07. The van der Waals surface area contributed by atoms with E-state index in [0.717, 1.165) is 5.56 Å². The molecule has 0 fully saturated rings. The molecular weight excluding hydrogens is 378 g/mol. The van der Waals surface area contributed by atoms with Crippen LogP contribution in [0.3, 0.4) is 0 Å². The summed E-state index contributed by atoms with van der Waals surface area (Å²) in [4.78, 5) is 23.8. The second-order valence-corrected chi connectivity index (χ2v) is 7.06. The zero-order valence-corrected chi connectivity index (χ0v) is 16.4. The van der Waals surface area contributed by atoms with Gasteiger partial charge in [0.25, 0.3) is 5.56 Å². The predicted molar refractivity (Wildman–Crippen MR) is 109 cm³/mol. The molecule has 0 radical (unpaired) electrons. The SMILES string of the molecule is COc1ccc(OC)c(/C=c2\s/c(=C/c3cccc(C(=O)O)c3)n(C)c2=O)c1. The summed E-state index contributed by atoms with van der Waals surface area (Å²) < 4.78 is 13.4. The van der Waals surface area contributed by atoms with Crippen LogP contribution < -0.4 is 24.2 Å². The van der Waals surface area contributed by atoms with Crippen LogP contribution in [0.15, 0.2) is 47.3 Å². The van der Waals surface area contributed by atoms with Crippen molar-refractivity contribution >= 4 is 29.5 Å². The fourth-order valence-electron chi connectivity index (χ4n) is 2.71. The van der Waals surface area contributed by atoms with E-state index in [1.165, 1.54) is 22.0 Å². The third-order valence-electron chi connectivity index (χ3n) is 4.21. The van der Waals surface area contributed by atoms with E-state index >= 15 is 0 Å². The Bertz CT molecular complexity index is 1210. The standard InChI is InChI=1S/C21H19NO5S/c1-22-19(10-13-5-4-6-14(9-13)21(24)25)28-18(20(22)23)12-15-11-16(26-2)7-8-17(15)27-3/h4-12H,1-3H3,(H,24,25)/b18-12-,19-10+. The number of carboxylic acids is 1. The highest BCUT2D eigenvalue weighted by Crippen LogP contribution is 2.24. The zero-order valence-electron chi connectivity index (χ0n) is 15.6. The lowest BCUT2D eigenvalue weighted by Gasteiger charge is -2.06. The van der Waals surface area contributed by atoms with Crippen LogP contribution in [0.25, 0.3) is 12.2 Å². The predicted octanol–water partition coefficient (Wildman–Crippen LogP) is 1.82. The number of carboxylic acid groups (broad SMARTS) is 1. The molecule has 0 spiro atoms. The van der Waals surface area contributed by atoms with Crippen molar-refractivity contribution in [2.45, 2.75) is 0 Å². The lowest BCUT2D eigenvalue weighted by molar-refractivity contribution is 0.0697. The number of ether oxygens (including phenoxy) is 2. The molecule has 0 saturated carbocycles. The van der Waals surface area contributed by atoms with Gasteiger partial charge in [-0.3, -0.25) is 4.79 Å². The Kier molecular flexibility index (Phi) is 5.65. The number of thiazole rings is 1.